The number of hydrogen-bond donors (Lipinski definition) is 0. The number of hydrogen-bond acceptors (Lipinski definition) is 2. The van der Waals surface area contributed by atoms with Gasteiger partial charge in [0.2, 0.25) is 0 Å². The van der Waals surface area contributed by atoms with E-state index in [1.54, 1.807) is 0 Å². The highest BCUT2D eigenvalue weighted by Gasteiger charge is 2.29. The lowest BCUT2D eigenvalue weighted by Crippen LogP contribution is -2.36. The van der Waals surface area contributed by atoms with Gasteiger partial charge in [0.05, 0.1) is 22.6 Å². The summed E-state index contributed by atoms with van der Waals surface area (Å²) in [7, 11) is 0. The first-order valence-electron chi connectivity index (χ1n) is 9.70. The van der Waals surface area contributed by atoms with Crippen molar-refractivity contribution in [1.82, 2.24) is 14.7 Å². The van der Waals surface area contributed by atoms with Crippen LogP contribution < -0.4 is 0 Å². The lowest BCUT2D eigenvalue weighted by molar-refractivity contribution is 0.0721. The smallest absolute Gasteiger partial charge is 0.257 e. The topological polar surface area (TPSA) is 38.1 Å². The number of aryl methyl sites for hydroxylation is 1. The second-order valence-corrected chi connectivity index (χ2v) is 7.79. The first kappa shape index (κ1) is 19.0. The molecular weight excluding hydrogens is 346 g/mol. The van der Waals surface area contributed by atoms with Crippen LogP contribution in [-0.2, 0) is 6.42 Å². The standard InChI is InChI=1S/C21H28ClN3O/c1-4-9-18-19(21(26)24-12-6-5-7-13-24)20(15(2)3)25(23-18)17-11-8-10-16(22)14-17/h8,10-11,14-15H,4-7,9,12-13H2,1-3H3. The second-order valence-electron chi connectivity index (χ2n) is 7.36. The molecule has 140 valence electrons. The first-order chi connectivity index (χ1) is 12.5. The molecule has 0 radical (unpaired) electrons. The minimum Gasteiger partial charge on any atom is -0.339 e. The second kappa shape index (κ2) is 8.26. The summed E-state index contributed by atoms with van der Waals surface area (Å²) < 4.78 is 1.93. The van der Waals surface area contributed by atoms with Crippen LogP contribution in [0.15, 0.2) is 24.3 Å². The van der Waals surface area contributed by atoms with Gasteiger partial charge in [-0.3, -0.25) is 4.79 Å². The van der Waals surface area contributed by atoms with Crippen LogP contribution in [0.4, 0.5) is 0 Å². The summed E-state index contributed by atoms with van der Waals surface area (Å²) in [5, 5.41) is 5.53. The summed E-state index contributed by atoms with van der Waals surface area (Å²) in [5.41, 5.74) is 3.62. The first-order valence-corrected chi connectivity index (χ1v) is 10.1. The Hall–Kier alpha value is -1.81. The molecule has 1 aliphatic rings. The Morgan fingerprint density at radius 2 is 1.96 bits per heavy atom. The molecule has 1 saturated heterocycles. The Balaban J connectivity index is 2.13. The highest BCUT2D eigenvalue weighted by Crippen LogP contribution is 2.29. The Labute approximate surface area is 161 Å². The number of likely N-dealkylation sites (tertiary alicyclic amines) is 1. The average molecular weight is 374 g/mol. The van der Waals surface area contributed by atoms with E-state index in [-0.39, 0.29) is 11.8 Å². The minimum atomic E-state index is 0.144. The van der Waals surface area contributed by atoms with Gasteiger partial charge in [0.1, 0.15) is 0 Å². The Morgan fingerprint density at radius 1 is 1.23 bits per heavy atom. The van der Waals surface area contributed by atoms with Gasteiger partial charge < -0.3 is 4.90 Å². The minimum absolute atomic E-state index is 0.144. The maximum absolute atomic E-state index is 13.4. The summed E-state index contributed by atoms with van der Waals surface area (Å²) in [4.78, 5) is 15.4. The maximum Gasteiger partial charge on any atom is 0.257 e. The number of piperidine rings is 1. The van der Waals surface area contributed by atoms with Crippen molar-refractivity contribution in [2.45, 2.75) is 58.8 Å². The highest BCUT2D eigenvalue weighted by atomic mass is 35.5. The molecule has 0 atom stereocenters. The molecule has 4 nitrogen and oxygen atoms in total. The third-order valence-electron chi connectivity index (χ3n) is 4.94. The van der Waals surface area contributed by atoms with Gasteiger partial charge >= 0.3 is 0 Å². The average Bonchev–Trinajstić information content (AvgIpc) is 3.02. The van der Waals surface area contributed by atoms with Crippen LogP contribution in [0.5, 0.6) is 0 Å². The van der Waals surface area contributed by atoms with Crippen LogP contribution in [-0.4, -0.2) is 33.7 Å². The summed E-state index contributed by atoms with van der Waals surface area (Å²) >= 11 is 6.20. The zero-order chi connectivity index (χ0) is 18.7. The molecule has 2 aromatic rings. The van der Waals surface area contributed by atoms with Crippen molar-refractivity contribution in [2.24, 2.45) is 0 Å². The van der Waals surface area contributed by atoms with Crippen molar-refractivity contribution >= 4 is 17.5 Å². The van der Waals surface area contributed by atoms with E-state index in [4.69, 9.17) is 16.7 Å². The van der Waals surface area contributed by atoms with E-state index in [1.165, 1.54) is 6.42 Å². The molecule has 1 aromatic carbocycles. The number of aromatic nitrogens is 2. The highest BCUT2D eigenvalue weighted by molar-refractivity contribution is 6.30. The molecular formula is C21H28ClN3O. The van der Waals surface area contributed by atoms with Crippen LogP contribution in [0.25, 0.3) is 5.69 Å². The maximum atomic E-state index is 13.4. The molecule has 0 N–H and O–H groups in total. The van der Waals surface area contributed by atoms with Gasteiger partial charge in [-0.25, -0.2) is 4.68 Å². The number of halogens is 1. The molecule has 1 aromatic heterocycles. The van der Waals surface area contributed by atoms with Crippen molar-refractivity contribution in [3.05, 3.63) is 46.2 Å². The van der Waals surface area contributed by atoms with Gasteiger partial charge in [0, 0.05) is 18.1 Å². The molecule has 3 rings (SSSR count). The molecule has 1 aliphatic heterocycles. The van der Waals surface area contributed by atoms with E-state index in [0.29, 0.717) is 5.02 Å². The molecule has 1 amide bonds. The zero-order valence-electron chi connectivity index (χ0n) is 16.0. The van der Waals surface area contributed by atoms with Gasteiger partial charge in [-0.2, -0.15) is 5.10 Å². The van der Waals surface area contributed by atoms with E-state index in [0.717, 1.165) is 61.4 Å². The third-order valence-corrected chi connectivity index (χ3v) is 5.17. The van der Waals surface area contributed by atoms with Crippen molar-refractivity contribution < 1.29 is 4.79 Å². The predicted octanol–water partition coefficient (Wildman–Crippen LogP) is 5.23. The van der Waals surface area contributed by atoms with E-state index >= 15 is 0 Å². The number of amides is 1. The molecule has 26 heavy (non-hydrogen) atoms. The normalized spacial score (nSPS) is 14.9. The van der Waals surface area contributed by atoms with Crippen LogP contribution in [0, 0.1) is 0 Å². The monoisotopic (exact) mass is 373 g/mol. The third kappa shape index (κ3) is 3.80. The Kier molecular flexibility index (Phi) is 6.02. The molecule has 0 saturated carbocycles. The quantitative estimate of drug-likeness (QED) is 0.719. The molecule has 0 spiro atoms. The van der Waals surface area contributed by atoms with Gasteiger partial charge in [0.15, 0.2) is 0 Å². The lowest BCUT2D eigenvalue weighted by atomic mass is 9.99. The Morgan fingerprint density at radius 3 is 2.58 bits per heavy atom. The van der Waals surface area contributed by atoms with E-state index in [1.807, 2.05) is 33.8 Å². The summed E-state index contributed by atoms with van der Waals surface area (Å²) in [5.74, 6) is 0.334. The Bertz CT molecular complexity index is 776. The molecule has 5 heteroatoms. The number of benzene rings is 1. The molecule has 2 heterocycles. The fourth-order valence-corrected chi connectivity index (χ4v) is 3.90. The van der Waals surface area contributed by atoms with Crippen LogP contribution in [0.1, 0.15) is 74.1 Å². The van der Waals surface area contributed by atoms with Crippen molar-refractivity contribution in [3.8, 4) is 5.69 Å². The molecule has 0 aliphatic carbocycles. The fourth-order valence-electron chi connectivity index (χ4n) is 3.72. The van der Waals surface area contributed by atoms with Crippen LogP contribution in [0.2, 0.25) is 5.02 Å². The SMILES string of the molecule is CCCc1nn(-c2cccc(Cl)c2)c(C(C)C)c1C(=O)N1CCCCC1. The van der Waals surface area contributed by atoms with Crippen molar-refractivity contribution in [2.75, 3.05) is 13.1 Å². The number of nitrogens with zero attached hydrogens (tertiary/aromatic N) is 3. The van der Waals surface area contributed by atoms with Gasteiger partial charge in [0.25, 0.3) is 5.91 Å². The van der Waals surface area contributed by atoms with Gasteiger partial charge in [-0.05, 0) is 49.8 Å². The summed E-state index contributed by atoms with van der Waals surface area (Å²) in [6.07, 6.45) is 5.17. The van der Waals surface area contributed by atoms with E-state index in [2.05, 4.69) is 20.8 Å². The van der Waals surface area contributed by atoms with Gasteiger partial charge in [-0.1, -0.05) is 44.9 Å². The predicted molar refractivity (Wildman–Crippen MR) is 106 cm³/mol. The van der Waals surface area contributed by atoms with Crippen molar-refractivity contribution in [3.63, 3.8) is 0 Å². The summed E-state index contributed by atoms with van der Waals surface area (Å²) in [6, 6.07) is 7.69. The molecule has 1 fully saturated rings. The zero-order valence-corrected chi connectivity index (χ0v) is 16.7. The van der Waals surface area contributed by atoms with Crippen LogP contribution in [0.3, 0.4) is 0 Å². The van der Waals surface area contributed by atoms with E-state index < -0.39 is 0 Å². The largest absolute Gasteiger partial charge is 0.339 e. The number of carbonyl (C=O) groups excluding carboxylic acids is 1. The van der Waals surface area contributed by atoms with Gasteiger partial charge in [-0.15, -0.1) is 0 Å². The molecule has 0 unspecified atom stereocenters. The lowest BCUT2D eigenvalue weighted by Gasteiger charge is -2.27. The molecule has 0 bridgehead atoms. The number of rotatable bonds is 5. The number of carbonyl (C=O) groups is 1. The fraction of sp³-hybridized carbons (Fsp3) is 0.524. The summed E-state index contributed by atoms with van der Waals surface area (Å²) in [6.45, 7) is 8.08. The van der Waals surface area contributed by atoms with Crippen LogP contribution >= 0.6 is 11.6 Å². The van der Waals surface area contributed by atoms with E-state index in [9.17, 15) is 4.79 Å². The van der Waals surface area contributed by atoms with Crippen molar-refractivity contribution in [1.29, 1.82) is 0 Å².